The highest BCUT2D eigenvalue weighted by atomic mass is 32.2. The number of nitrogens with zero attached hydrogens (tertiary/aromatic N) is 2. The van der Waals surface area contributed by atoms with E-state index in [0.29, 0.717) is 18.3 Å². The Morgan fingerprint density at radius 1 is 1.33 bits per heavy atom. The van der Waals surface area contributed by atoms with E-state index in [2.05, 4.69) is 16.4 Å². The van der Waals surface area contributed by atoms with Crippen LogP contribution in [0.15, 0.2) is 4.52 Å². The van der Waals surface area contributed by atoms with Crippen LogP contribution in [-0.4, -0.2) is 28.8 Å². The van der Waals surface area contributed by atoms with E-state index < -0.39 is 0 Å². The summed E-state index contributed by atoms with van der Waals surface area (Å²) in [5.74, 6) is 2.23. The standard InChI is InChI=1S/C15H27N3O2S/c1-3-19-15(9-6-4-5-7-10-15)14-17-13(20-18-14)12(16)8-11-21-2/h12H,3-11,16H2,1-2H3. The largest absolute Gasteiger partial charge is 0.367 e. The molecule has 6 heteroatoms. The van der Waals surface area contributed by atoms with Crippen molar-refractivity contribution in [2.45, 2.75) is 63.5 Å². The predicted octanol–water partition coefficient (Wildman–Crippen LogP) is 3.41. The fraction of sp³-hybridized carbons (Fsp3) is 0.867. The predicted molar refractivity (Wildman–Crippen MR) is 85.2 cm³/mol. The Bertz CT molecular complexity index is 417. The Morgan fingerprint density at radius 2 is 2.05 bits per heavy atom. The summed E-state index contributed by atoms with van der Waals surface area (Å²) in [7, 11) is 0. The molecule has 0 aromatic carbocycles. The van der Waals surface area contributed by atoms with Gasteiger partial charge in [-0.3, -0.25) is 0 Å². The van der Waals surface area contributed by atoms with Crippen LogP contribution in [0.25, 0.3) is 0 Å². The fourth-order valence-electron chi connectivity index (χ4n) is 2.95. The van der Waals surface area contributed by atoms with Crippen LogP contribution in [0.4, 0.5) is 0 Å². The third-order valence-electron chi connectivity index (χ3n) is 4.13. The molecule has 0 spiro atoms. The maximum atomic E-state index is 6.12. The van der Waals surface area contributed by atoms with Crippen LogP contribution in [0.3, 0.4) is 0 Å². The molecular weight excluding hydrogens is 286 g/mol. The number of rotatable bonds is 7. The van der Waals surface area contributed by atoms with E-state index in [1.165, 1.54) is 12.8 Å². The first-order chi connectivity index (χ1) is 10.2. The van der Waals surface area contributed by atoms with Crippen molar-refractivity contribution in [2.75, 3.05) is 18.6 Å². The first-order valence-corrected chi connectivity index (χ1v) is 9.34. The Morgan fingerprint density at radius 3 is 2.67 bits per heavy atom. The van der Waals surface area contributed by atoms with Crippen molar-refractivity contribution in [3.8, 4) is 0 Å². The zero-order valence-electron chi connectivity index (χ0n) is 13.1. The molecule has 1 aromatic rings. The Kier molecular flexibility index (Phi) is 6.51. The lowest BCUT2D eigenvalue weighted by atomic mass is 9.93. The van der Waals surface area contributed by atoms with Gasteiger partial charge in [0.25, 0.3) is 0 Å². The van der Waals surface area contributed by atoms with Crippen molar-refractivity contribution in [1.29, 1.82) is 0 Å². The summed E-state index contributed by atoms with van der Waals surface area (Å²) < 4.78 is 11.5. The lowest BCUT2D eigenvalue weighted by Gasteiger charge is -2.29. The second-order valence-electron chi connectivity index (χ2n) is 5.69. The molecule has 0 amide bonds. The molecule has 1 fully saturated rings. The van der Waals surface area contributed by atoms with E-state index in [1.807, 2.05) is 6.92 Å². The monoisotopic (exact) mass is 313 g/mol. The summed E-state index contributed by atoms with van der Waals surface area (Å²) in [6.45, 7) is 2.69. The van der Waals surface area contributed by atoms with Gasteiger partial charge in [-0.25, -0.2) is 0 Å². The van der Waals surface area contributed by atoms with Gasteiger partial charge < -0.3 is 15.0 Å². The summed E-state index contributed by atoms with van der Waals surface area (Å²) in [5, 5.41) is 4.20. The van der Waals surface area contributed by atoms with Gasteiger partial charge in [0.2, 0.25) is 11.7 Å². The van der Waals surface area contributed by atoms with Crippen LogP contribution in [0.5, 0.6) is 0 Å². The molecular formula is C15H27N3O2S. The maximum Gasteiger partial charge on any atom is 0.243 e. The van der Waals surface area contributed by atoms with Crippen LogP contribution in [0.2, 0.25) is 0 Å². The summed E-state index contributed by atoms with van der Waals surface area (Å²) in [5.41, 5.74) is 5.75. The summed E-state index contributed by atoms with van der Waals surface area (Å²) in [6.07, 6.45) is 9.69. The summed E-state index contributed by atoms with van der Waals surface area (Å²) in [4.78, 5) is 4.58. The highest BCUT2D eigenvalue weighted by Crippen LogP contribution is 2.38. The van der Waals surface area contributed by atoms with Crippen molar-refractivity contribution in [3.05, 3.63) is 11.7 Å². The molecule has 1 aromatic heterocycles. The van der Waals surface area contributed by atoms with E-state index >= 15 is 0 Å². The topological polar surface area (TPSA) is 74.2 Å². The van der Waals surface area contributed by atoms with Crippen molar-refractivity contribution in [1.82, 2.24) is 10.1 Å². The van der Waals surface area contributed by atoms with Gasteiger partial charge in [-0.15, -0.1) is 0 Å². The van der Waals surface area contributed by atoms with Crippen LogP contribution < -0.4 is 5.73 Å². The second-order valence-corrected chi connectivity index (χ2v) is 6.67. The van der Waals surface area contributed by atoms with Crippen molar-refractivity contribution in [2.24, 2.45) is 5.73 Å². The van der Waals surface area contributed by atoms with Crippen LogP contribution >= 0.6 is 11.8 Å². The molecule has 120 valence electrons. The van der Waals surface area contributed by atoms with E-state index in [0.717, 1.165) is 37.9 Å². The van der Waals surface area contributed by atoms with Gasteiger partial charge in [-0.05, 0) is 38.2 Å². The lowest BCUT2D eigenvalue weighted by Crippen LogP contribution is -2.31. The summed E-state index contributed by atoms with van der Waals surface area (Å²) in [6, 6.07) is -0.178. The number of aromatic nitrogens is 2. The van der Waals surface area contributed by atoms with E-state index in [9.17, 15) is 0 Å². The maximum absolute atomic E-state index is 6.12. The molecule has 0 aliphatic heterocycles. The minimum Gasteiger partial charge on any atom is -0.367 e. The molecule has 1 aliphatic rings. The fourth-order valence-corrected chi connectivity index (χ4v) is 3.44. The average molecular weight is 313 g/mol. The van der Waals surface area contributed by atoms with Gasteiger partial charge in [0.1, 0.15) is 5.60 Å². The van der Waals surface area contributed by atoms with Crippen molar-refractivity contribution in [3.63, 3.8) is 0 Å². The number of nitrogens with two attached hydrogens (primary N) is 1. The molecule has 1 saturated carbocycles. The normalized spacial score (nSPS) is 20.1. The third-order valence-corrected chi connectivity index (χ3v) is 4.78. The Hall–Kier alpha value is -0.590. The molecule has 1 atom stereocenters. The van der Waals surface area contributed by atoms with Gasteiger partial charge in [0.15, 0.2) is 0 Å². The Balaban J connectivity index is 2.15. The van der Waals surface area contributed by atoms with Crippen LogP contribution in [-0.2, 0) is 10.3 Å². The first kappa shape index (κ1) is 16.8. The molecule has 1 heterocycles. The minimum atomic E-state index is -0.369. The smallest absolute Gasteiger partial charge is 0.243 e. The quantitative estimate of drug-likeness (QED) is 0.778. The molecule has 0 saturated heterocycles. The van der Waals surface area contributed by atoms with Gasteiger partial charge in [-0.1, -0.05) is 30.8 Å². The van der Waals surface area contributed by atoms with Crippen LogP contribution in [0, 0.1) is 0 Å². The number of hydrogen-bond acceptors (Lipinski definition) is 6. The van der Waals surface area contributed by atoms with Gasteiger partial charge in [0.05, 0.1) is 6.04 Å². The molecule has 21 heavy (non-hydrogen) atoms. The molecule has 5 nitrogen and oxygen atoms in total. The molecule has 1 aliphatic carbocycles. The molecule has 0 radical (unpaired) electrons. The number of ether oxygens (including phenoxy) is 1. The zero-order valence-corrected chi connectivity index (χ0v) is 14.0. The SMILES string of the molecule is CCOC1(c2noc(C(N)CCSC)n2)CCCCCC1. The number of hydrogen-bond donors (Lipinski definition) is 1. The Labute approximate surface area is 131 Å². The van der Waals surface area contributed by atoms with Crippen molar-refractivity contribution < 1.29 is 9.26 Å². The highest BCUT2D eigenvalue weighted by molar-refractivity contribution is 7.98. The number of thioether (sulfide) groups is 1. The molecule has 2 N–H and O–H groups in total. The van der Waals surface area contributed by atoms with E-state index in [4.69, 9.17) is 15.0 Å². The second kappa shape index (κ2) is 8.15. The van der Waals surface area contributed by atoms with Gasteiger partial charge in [-0.2, -0.15) is 16.7 Å². The van der Waals surface area contributed by atoms with Gasteiger partial charge in [0, 0.05) is 6.61 Å². The molecule has 2 rings (SSSR count). The van der Waals surface area contributed by atoms with Gasteiger partial charge >= 0.3 is 0 Å². The van der Waals surface area contributed by atoms with Crippen LogP contribution in [0.1, 0.15) is 69.6 Å². The third kappa shape index (κ3) is 4.20. The van der Waals surface area contributed by atoms with E-state index in [-0.39, 0.29) is 11.6 Å². The zero-order chi connectivity index (χ0) is 15.1. The first-order valence-electron chi connectivity index (χ1n) is 7.94. The van der Waals surface area contributed by atoms with Crippen molar-refractivity contribution >= 4 is 11.8 Å². The minimum absolute atomic E-state index is 0.178. The van der Waals surface area contributed by atoms with E-state index in [1.54, 1.807) is 11.8 Å². The summed E-state index contributed by atoms with van der Waals surface area (Å²) >= 11 is 1.78. The molecule has 0 bridgehead atoms. The average Bonchev–Trinajstić information content (AvgIpc) is 2.87. The lowest BCUT2D eigenvalue weighted by molar-refractivity contribution is -0.0636. The highest BCUT2D eigenvalue weighted by Gasteiger charge is 2.38. The molecule has 1 unspecified atom stereocenters.